The molecule has 1 aliphatic heterocycles. The zero-order valence-electron chi connectivity index (χ0n) is 7.91. The van der Waals surface area contributed by atoms with Crippen LogP contribution in [0, 0.1) is 0 Å². The Morgan fingerprint density at radius 2 is 1.62 bits per heavy atom. The summed E-state index contributed by atoms with van der Waals surface area (Å²) in [5.74, 6) is 0. The van der Waals surface area contributed by atoms with E-state index in [0.717, 1.165) is 39.3 Å². The molecule has 0 aromatic heterocycles. The van der Waals surface area contributed by atoms with Crippen molar-refractivity contribution in [3.05, 3.63) is 0 Å². The van der Waals surface area contributed by atoms with Gasteiger partial charge in [0, 0.05) is 45.7 Å². The maximum absolute atomic E-state index is 10.0. The minimum absolute atomic E-state index is 0.238. The van der Waals surface area contributed by atoms with Crippen molar-refractivity contribution in [3.63, 3.8) is 0 Å². The largest absolute Gasteiger partial charge is 0.395 e. The van der Waals surface area contributed by atoms with Gasteiger partial charge in [-0.2, -0.15) is 0 Å². The third-order valence-corrected chi connectivity index (χ3v) is 2.41. The van der Waals surface area contributed by atoms with Crippen LogP contribution in [0.5, 0.6) is 0 Å². The molecule has 0 atom stereocenters. The van der Waals surface area contributed by atoms with Crippen molar-refractivity contribution in [1.29, 1.82) is 0 Å². The highest BCUT2D eigenvalue weighted by Gasteiger charge is 2.15. The Morgan fingerprint density at radius 3 is 2.08 bits per heavy atom. The fourth-order valence-corrected chi connectivity index (χ4v) is 1.58. The predicted octanol–water partition coefficient (Wildman–Crippen LogP) is -0.904. The molecular weight excluding hydrogens is 168 g/mol. The lowest BCUT2D eigenvalue weighted by molar-refractivity contribution is 0.114. The molecule has 0 bridgehead atoms. The van der Waals surface area contributed by atoms with Gasteiger partial charge in [0.25, 0.3) is 0 Å². The van der Waals surface area contributed by atoms with E-state index < -0.39 is 0 Å². The van der Waals surface area contributed by atoms with Gasteiger partial charge >= 0.3 is 0 Å². The van der Waals surface area contributed by atoms with Crippen molar-refractivity contribution in [2.75, 3.05) is 45.9 Å². The highest BCUT2D eigenvalue weighted by Crippen LogP contribution is 2.00. The maximum Gasteiger partial charge on any atom is 0.199 e. The molecule has 0 saturated carbocycles. The number of rotatable bonds is 5. The van der Waals surface area contributed by atoms with Crippen LogP contribution in [0.2, 0.25) is 0 Å². The second kappa shape index (κ2) is 6.07. The van der Waals surface area contributed by atoms with Crippen molar-refractivity contribution in [2.45, 2.75) is 6.42 Å². The quantitative estimate of drug-likeness (QED) is 0.602. The molecule has 1 fully saturated rings. The second-order valence-corrected chi connectivity index (χ2v) is 3.30. The number of hydrogen-bond acceptors (Lipinski definition) is 4. The summed E-state index contributed by atoms with van der Waals surface area (Å²) in [4.78, 5) is 14.5. The first-order valence-corrected chi connectivity index (χ1v) is 4.77. The molecule has 0 aromatic carbocycles. The van der Waals surface area contributed by atoms with E-state index in [0.29, 0.717) is 6.42 Å². The highest BCUT2D eigenvalue weighted by atomic mass is 16.3. The van der Waals surface area contributed by atoms with Gasteiger partial charge in [-0.15, -0.1) is 0 Å². The normalized spacial score (nSPS) is 20.4. The van der Waals surface area contributed by atoms with Crippen LogP contribution < -0.4 is 0 Å². The zero-order chi connectivity index (χ0) is 9.52. The van der Waals surface area contributed by atoms with E-state index in [4.69, 9.17) is 5.11 Å². The predicted molar refractivity (Wildman–Crippen MR) is 50.3 cm³/mol. The summed E-state index contributed by atoms with van der Waals surface area (Å²) in [6, 6.07) is 0. The van der Waals surface area contributed by atoms with Gasteiger partial charge in [0.15, 0.2) is 6.29 Å². The molecule has 0 aliphatic carbocycles. The van der Waals surface area contributed by atoms with Crippen LogP contribution in [-0.4, -0.2) is 67.1 Å². The number of piperazine rings is 1. The maximum atomic E-state index is 10.0. The Balaban J connectivity index is 2.11. The van der Waals surface area contributed by atoms with Crippen molar-refractivity contribution in [3.8, 4) is 0 Å². The van der Waals surface area contributed by atoms with E-state index in [-0.39, 0.29) is 6.61 Å². The standard InChI is InChI=1S/C9H17N2O2/c12-8-1-2-10-3-5-11(6-4-10)7-9-13/h13H,1-7,9H2. The fourth-order valence-electron chi connectivity index (χ4n) is 1.58. The number of β-amino-alcohol motifs (C(OH)–C–C–N with tert-alkyl or cyclic N) is 1. The Morgan fingerprint density at radius 1 is 1.08 bits per heavy atom. The molecule has 1 saturated heterocycles. The number of carbonyl (C=O) groups excluding carboxylic acids is 1. The van der Waals surface area contributed by atoms with Gasteiger partial charge in [-0.25, -0.2) is 0 Å². The van der Waals surface area contributed by atoms with Crippen LogP contribution in [0.1, 0.15) is 6.42 Å². The van der Waals surface area contributed by atoms with E-state index in [1.54, 1.807) is 0 Å². The summed E-state index contributed by atoms with van der Waals surface area (Å²) >= 11 is 0. The molecule has 75 valence electrons. The topological polar surface area (TPSA) is 43.8 Å². The SMILES string of the molecule is O=[C]CCN1CCN(CCO)CC1. The van der Waals surface area contributed by atoms with Crippen molar-refractivity contribution >= 4 is 6.29 Å². The van der Waals surface area contributed by atoms with E-state index in [9.17, 15) is 4.79 Å². The van der Waals surface area contributed by atoms with Gasteiger partial charge in [0.2, 0.25) is 0 Å². The summed E-state index contributed by atoms with van der Waals surface area (Å²) in [6.45, 7) is 5.84. The van der Waals surface area contributed by atoms with Gasteiger partial charge in [0.1, 0.15) is 0 Å². The van der Waals surface area contributed by atoms with Crippen molar-refractivity contribution in [2.24, 2.45) is 0 Å². The first-order chi connectivity index (χ1) is 6.36. The summed E-state index contributed by atoms with van der Waals surface area (Å²) in [5.41, 5.74) is 0. The molecule has 0 spiro atoms. The molecule has 1 heterocycles. The molecule has 4 nitrogen and oxygen atoms in total. The summed E-state index contributed by atoms with van der Waals surface area (Å²) in [7, 11) is 0. The van der Waals surface area contributed by atoms with Crippen LogP contribution in [0.3, 0.4) is 0 Å². The lowest BCUT2D eigenvalue weighted by Crippen LogP contribution is -2.47. The first kappa shape index (κ1) is 10.6. The van der Waals surface area contributed by atoms with Gasteiger partial charge in [0.05, 0.1) is 6.61 Å². The second-order valence-electron chi connectivity index (χ2n) is 3.30. The van der Waals surface area contributed by atoms with Crippen LogP contribution in [0.15, 0.2) is 0 Å². The van der Waals surface area contributed by atoms with Crippen molar-refractivity contribution < 1.29 is 9.90 Å². The molecule has 0 amide bonds. The molecule has 1 rings (SSSR count). The first-order valence-electron chi connectivity index (χ1n) is 4.77. The monoisotopic (exact) mass is 185 g/mol. The Labute approximate surface area is 79.1 Å². The summed E-state index contributed by atoms with van der Waals surface area (Å²) in [6.07, 6.45) is 2.42. The third-order valence-electron chi connectivity index (χ3n) is 2.41. The molecule has 1 N–H and O–H groups in total. The minimum Gasteiger partial charge on any atom is -0.395 e. The fraction of sp³-hybridized carbons (Fsp3) is 0.889. The number of aliphatic hydroxyl groups is 1. The van der Waals surface area contributed by atoms with Crippen LogP contribution >= 0.6 is 0 Å². The van der Waals surface area contributed by atoms with Gasteiger partial charge < -0.3 is 10.0 Å². The molecule has 0 aromatic rings. The molecule has 0 unspecified atom stereocenters. The highest BCUT2D eigenvalue weighted by molar-refractivity contribution is 5.50. The smallest absolute Gasteiger partial charge is 0.199 e. The van der Waals surface area contributed by atoms with E-state index in [2.05, 4.69) is 9.80 Å². The average Bonchev–Trinajstić information content (AvgIpc) is 2.17. The molecule has 1 radical (unpaired) electrons. The van der Waals surface area contributed by atoms with Gasteiger partial charge in [-0.3, -0.25) is 9.69 Å². The number of nitrogens with zero attached hydrogens (tertiary/aromatic N) is 2. The van der Waals surface area contributed by atoms with Gasteiger partial charge in [-0.1, -0.05) is 0 Å². The Bertz CT molecular complexity index is 145. The molecule has 1 aliphatic rings. The van der Waals surface area contributed by atoms with E-state index >= 15 is 0 Å². The Kier molecular flexibility index (Phi) is 4.97. The van der Waals surface area contributed by atoms with E-state index in [1.807, 2.05) is 6.29 Å². The lowest BCUT2D eigenvalue weighted by atomic mass is 10.3. The minimum atomic E-state index is 0.238. The average molecular weight is 185 g/mol. The molecule has 13 heavy (non-hydrogen) atoms. The van der Waals surface area contributed by atoms with Crippen molar-refractivity contribution in [1.82, 2.24) is 9.80 Å². The summed E-state index contributed by atoms with van der Waals surface area (Å²) in [5, 5.41) is 8.72. The molecular formula is C9H17N2O2. The lowest BCUT2D eigenvalue weighted by Gasteiger charge is -2.33. The molecule has 4 heteroatoms. The summed E-state index contributed by atoms with van der Waals surface area (Å²) < 4.78 is 0. The number of hydrogen-bond donors (Lipinski definition) is 1. The van der Waals surface area contributed by atoms with Crippen LogP contribution in [0.25, 0.3) is 0 Å². The number of aliphatic hydroxyl groups excluding tert-OH is 1. The third kappa shape index (κ3) is 3.85. The Hall–Kier alpha value is -0.450. The van der Waals surface area contributed by atoms with Crippen LogP contribution in [0.4, 0.5) is 0 Å². The van der Waals surface area contributed by atoms with E-state index in [1.165, 1.54) is 0 Å². The van der Waals surface area contributed by atoms with Gasteiger partial charge in [-0.05, 0) is 0 Å². The zero-order valence-corrected chi connectivity index (χ0v) is 7.91. The van der Waals surface area contributed by atoms with Crippen LogP contribution in [-0.2, 0) is 4.79 Å².